The number of benzene rings is 2. The zero-order valence-electron chi connectivity index (χ0n) is 18.5. The minimum atomic E-state index is -0.505. The molecule has 1 aliphatic rings. The topological polar surface area (TPSA) is 64.0 Å². The molecule has 2 aromatic heterocycles. The lowest BCUT2D eigenvalue weighted by molar-refractivity contribution is -0.113. The molecule has 1 aliphatic carbocycles. The summed E-state index contributed by atoms with van der Waals surface area (Å²) in [6, 6.07) is 13.8. The van der Waals surface area contributed by atoms with Crippen LogP contribution in [0.1, 0.15) is 23.3 Å². The van der Waals surface area contributed by atoms with Crippen LogP contribution in [0.25, 0.3) is 15.9 Å². The molecule has 0 fully saturated rings. The summed E-state index contributed by atoms with van der Waals surface area (Å²) >= 11 is 4.23. The maximum absolute atomic E-state index is 14.8. The number of rotatable bonds is 6. The molecule has 0 radical (unpaired) electrons. The van der Waals surface area contributed by atoms with Gasteiger partial charge in [-0.2, -0.15) is 0 Å². The van der Waals surface area contributed by atoms with Gasteiger partial charge in [-0.15, -0.1) is 23.1 Å². The molecule has 0 saturated heterocycles. The Bertz CT molecular complexity index is 1450. The molecule has 0 bridgehead atoms. The van der Waals surface area contributed by atoms with Crippen molar-refractivity contribution in [3.05, 3.63) is 75.1 Å². The van der Waals surface area contributed by atoms with Gasteiger partial charge in [0.15, 0.2) is 5.16 Å². The highest BCUT2D eigenvalue weighted by Gasteiger charge is 2.24. The maximum atomic E-state index is 14.8. The van der Waals surface area contributed by atoms with Gasteiger partial charge >= 0.3 is 0 Å². The fourth-order valence-corrected chi connectivity index (χ4v) is 6.85. The lowest BCUT2D eigenvalue weighted by atomic mass is 9.97. The summed E-state index contributed by atoms with van der Waals surface area (Å²) < 4.78 is 16.1. The molecule has 1 amide bonds. The number of aromatic nitrogens is 2. The molecule has 0 atom stereocenters. The van der Waals surface area contributed by atoms with Gasteiger partial charge in [-0.1, -0.05) is 36.0 Å². The molecule has 5 nitrogen and oxygen atoms in total. The van der Waals surface area contributed by atoms with E-state index >= 15 is 0 Å². The highest BCUT2D eigenvalue weighted by atomic mass is 32.2. The van der Waals surface area contributed by atoms with Crippen molar-refractivity contribution >= 4 is 56.7 Å². The molecule has 0 spiro atoms. The van der Waals surface area contributed by atoms with E-state index in [1.165, 1.54) is 15.5 Å². The van der Waals surface area contributed by atoms with E-state index in [0.29, 0.717) is 15.4 Å². The molecule has 5 rings (SSSR count). The standard InChI is InChI=1S/C25H22FN3O2S3/c1-32-20-13-7-4-10-17(20)27-21(30)14-33-25-28-23-22(15-8-2-6-12-19(15)34-23)24(31)29(25)18-11-5-3-9-16(18)26/h3-5,7,9-11,13H,2,6,8,12,14H2,1H3,(H,27,30). The molecular weight excluding hydrogens is 489 g/mol. The van der Waals surface area contributed by atoms with Crippen molar-refractivity contribution in [2.24, 2.45) is 0 Å². The van der Waals surface area contributed by atoms with E-state index in [9.17, 15) is 14.0 Å². The first-order chi connectivity index (χ1) is 16.6. The molecule has 0 unspecified atom stereocenters. The maximum Gasteiger partial charge on any atom is 0.267 e. The summed E-state index contributed by atoms with van der Waals surface area (Å²) in [4.78, 5) is 34.0. The largest absolute Gasteiger partial charge is 0.324 e. The third-order valence-corrected chi connectivity index (χ3v) is 8.69. The summed E-state index contributed by atoms with van der Waals surface area (Å²) in [6.07, 6.45) is 5.86. The van der Waals surface area contributed by atoms with Crippen LogP contribution >= 0.6 is 34.9 Å². The number of carbonyl (C=O) groups excluding carboxylic acids is 1. The second-order valence-electron chi connectivity index (χ2n) is 7.91. The second kappa shape index (κ2) is 9.93. The Morgan fingerprint density at radius 2 is 1.91 bits per heavy atom. The second-order valence-corrected chi connectivity index (χ2v) is 10.8. The number of halogens is 1. The van der Waals surface area contributed by atoms with Crippen LogP contribution in [0.15, 0.2) is 63.4 Å². The number of thiophene rings is 1. The lowest BCUT2D eigenvalue weighted by Crippen LogP contribution is -2.24. The third kappa shape index (κ3) is 4.39. The zero-order chi connectivity index (χ0) is 23.7. The summed E-state index contributed by atoms with van der Waals surface area (Å²) in [6.45, 7) is 0. The van der Waals surface area contributed by atoms with Gasteiger partial charge in [-0.3, -0.25) is 14.2 Å². The van der Waals surface area contributed by atoms with Gasteiger partial charge in [-0.25, -0.2) is 9.37 Å². The number of aryl methyl sites for hydroxylation is 2. The monoisotopic (exact) mass is 511 g/mol. The Labute approximate surface area is 208 Å². The lowest BCUT2D eigenvalue weighted by Gasteiger charge is -2.14. The molecule has 34 heavy (non-hydrogen) atoms. The van der Waals surface area contributed by atoms with Crippen LogP contribution < -0.4 is 10.9 Å². The van der Waals surface area contributed by atoms with E-state index in [-0.39, 0.29) is 22.9 Å². The molecule has 1 N–H and O–H groups in total. The zero-order valence-corrected chi connectivity index (χ0v) is 20.9. The van der Waals surface area contributed by atoms with Crippen molar-refractivity contribution < 1.29 is 9.18 Å². The van der Waals surface area contributed by atoms with E-state index in [0.717, 1.165) is 53.6 Å². The first kappa shape index (κ1) is 23.1. The van der Waals surface area contributed by atoms with Gasteiger partial charge in [0.1, 0.15) is 10.6 Å². The quantitative estimate of drug-likeness (QED) is 0.257. The average Bonchev–Trinajstić information content (AvgIpc) is 3.22. The number of thioether (sulfide) groups is 2. The summed E-state index contributed by atoms with van der Waals surface area (Å²) in [7, 11) is 0. The summed E-state index contributed by atoms with van der Waals surface area (Å²) in [5.41, 5.74) is 1.66. The van der Waals surface area contributed by atoms with E-state index < -0.39 is 5.82 Å². The number of amides is 1. The Morgan fingerprint density at radius 3 is 2.74 bits per heavy atom. The smallest absolute Gasteiger partial charge is 0.267 e. The van der Waals surface area contributed by atoms with Gasteiger partial charge in [-0.05, 0) is 61.8 Å². The van der Waals surface area contributed by atoms with Crippen LogP contribution in [0, 0.1) is 5.82 Å². The first-order valence-corrected chi connectivity index (χ1v) is 14.0. The number of carbonyl (C=O) groups is 1. The number of para-hydroxylation sites is 2. The number of fused-ring (bicyclic) bond motifs is 3. The van der Waals surface area contributed by atoms with Crippen molar-refractivity contribution in [3.8, 4) is 5.69 Å². The van der Waals surface area contributed by atoms with Gasteiger partial charge in [0.05, 0.1) is 22.5 Å². The number of anilines is 1. The van der Waals surface area contributed by atoms with Crippen LogP contribution in [-0.2, 0) is 17.6 Å². The highest BCUT2D eigenvalue weighted by Crippen LogP contribution is 2.35. The van der Waals surface area contributed by atoms with Gasteiger partial charge < -0.3 is 5.32 Å². The van der Waals surface area contributed by atoms with Crippen LogP contribution in [-0.4, -0.2) is 27.5 Å². The van der Waals surface area contributed by atoms with E-state index in [4.69, 9.17) is 4.98 Å². The predicted molar refractivity (Wildman–Crippen MR) is 139 cm³/mol. The normalized spacial score (nSPS) is 13.1. The Morgan fingerprint density at radius 1 is 1.15 bits per heavy atom. The molecular formula is C25H22FN3O2S3. The first-order valence-electron chi connectivity index (χ1n) is 10.9. The molecule has 9 heteroatoms. The van der Waals surface area contributed by atoms with Crippen LogP contribution in [0.3, 0.4) is 0 Å². The van der Waals surface area contributed by atoms with Crippen LogP contribution in [0.5, 0.6) is 0 Å². The number of hydrogen-bond acceptors (Lipinski definition) is 6. The van der Waals surface area contributed by atoms with E-state index in [1.807, 2.05) is 30.5 Å². The third-order valence-electron chi connectivity index (χ3n) is 5.76. The Balaban J connectivity index is 1.53. The Kier molecular flexibility index (Phi) is 6.76. The number of nitrogens with one attached hydrogen (secondary N) is 1. The van der Waals surface area contributed by atoms with Gasteiger partial charge in [0, 0.05) is 9.77 Å². The molecule has 174 valence electrons. The van der Waals surface area contributed by atoms with Crippen LogP contribution in [0.2, 0.25) is 0 Å². The number of hydrogen-bond donors (Lipinski definition) is 1. The van der Waals surface area contributed by atoms with Crippen molar-refractivity contribution in [3.63, 3.8) is 0 Å². The predicted octanol–water partition coefficient (Wildman–Crippen LogP) is 5.92. The van der Waals surface area contributed by atoms with E-state index in [2.05, 4.69) is 5.32 Å². The minimum Gasteiger partial charge on any atom is -0.324 e. The van der Waals surface area contributed by atoms with E-state index in [1.54, 1.807) is 41.3 Å². The molecule has 2 heterocycles. The van der Waals surface area contributed by atoms with Gasteiger partial charge in [0.25, 0.3) is 5.56 Å². The SMILES string of the molecule is CSc1ccccc1NC(=O)CSc1nc2sc3c(c2c(=O)n1-c1ccccc1F)CCCC3. The molecule has 2 aromatic carbocycles. The van der Waals surface area contributed by atoms with Crippen molar-refractivity contribution in [2.75, 3.05) is 17.3 Å². The minimum absolute atomic E-state index is 0.0419. The van der Waals surface area contributed by atoms with Gasteiger partial charge in [0.2, 0.25) is 5.91 Å². The molecule has 0 saturated carbocycles. The van der Waals surface area contributed by atoms with Crippen molar-refractivity contribution in [1.29, 1.82) is 0 Å². The number of nitrogens with zero attached hydrogens (tertiary/aromatic N) is 2. The average molecular weight is 512 g/mol. The van der Waals surface area contributed by atoms with Crippen molar-refractivity contribution in [1.82, 2.24) is 9.55 Å². The molecule has 0 aliphatic heterocycles. The fraction of sp³-hybridized carbons (Fsp3) is 0.240. The Hall–Kier alpha value is -2.62. The summed E-state index contributed by atoms with van der Waals surface area (Å²) in [5.74, 6) is -0.679. The van der Waals surface area contributed by atoms with Crippen LogP contribution in [0.4, 0.5) is 10.1 Å². The fourth-order valence-electron chi connectivity index (χ4n) is 4.19. The highest BCUT2D eigenvalue weighted by molar-refractivity contribution is 7.99. The summed E-state index contributed by atoms with van der Waals surface area (Å²) in [5, 5.41) is 3.83. The molecule has 4 aromatic rings. The van der Waals surface area contributed by atoms with Crippen molar-refractivity contribution in [2.45, 2.75) is 35.7 Å².